The molecule has 0 unspecified atom stereocenters. The Balaban J connectivity index is 2.47. The molecular weight excluding hydrogens is 208 g/mol. The van der Waals surface area contributed by atoms with Crippen LogP contribution in [0.2, 0.25) is 0 Å². The minimum absolute atomic E-state index is 0.882. The summed E-state index contributed by atoms with van der Waals surface area (Å²) < 4.78 is 5.26. The van der Waals surface area contributed by atoms with Gasteiger partial charge in [-0.25, -0.2) is 0 Å². The van der Waals surface area contributed by atoms with Crippen molar-refractivity contribution in [3.8, 4) is 16.9 Å². The van der Waals surface area contributed by atoms with Crippen LogP contribution >= 0.6 is 0 Å². The molecule has 0 atom stereocenters. The summed E-state index contributed by atoms with van der Waals surface area (Å²) in [7, 11) is 1.69. The fraction of sp³-hybridized carbons (Fsp3) is 0.125. The normalized spacial score (nSPS) is 9.94. The van der Waals surface area contributed by atoms with Crippen LogP contribution in [0.4, 0.5) is 0 Å². The molecule has 0 spiro atoms. The highest BCUT2D eigenvalue weighted by Gasteiger charge is 2.03. The van der Waals surface area contributed by atoms with Crippen LogP contribution in [0.3, 0.4) is 0 Å². The minimum Gasteiger partial charge on any atom is -0.497 e. The molecule has 2 aromatic carbocycles. The van der Waals surface area contributed by atoms with E-state index in [2.05, 4.69) is 43.0 Å². The van der Waals surface area contributed by atoms with Gasteiger partial charge in [0, 0.05) is 0 Å². The molecule has 86 valence electrons. The molecule has 0 saturated heterocycles. The standard InChI is InChI=1S/C16H16O/c1-3-7-13-8-4-5-11-16(13)14-9-6-10-15(12-14)17-2/h3-6,8-12H,1,7H2,2H3. The lowest BCUT2D eigenvalue weighted by molar-refractivity contribution is 0.415. The van der Waals surface area contributed by atoms with Gasteiger partial charge in [-0.05, 0) is 35.2 Å². The van der Waals surface area contributed by atoms with Crippen molar-refractivity contribution in [3.63, 3.8) is 0 Å². The second kappa shape index (κ2) is 5.35. The van der Waals surface area contributed by atoms with Crippen LogP contribution in [0.5, 0.6) is 5.75 Å². The maximum absolute atomic E-state index is 5.26. The summed E-state index contributed by atoms with van der Waals surface area (Å²) in [5, 5.41) is 0. The molecule has 0 aliphatic carbocycles. The maximum atomic E-state index is 5.26. The van der Waals surface area contributed by atoms with Crippen molar-refractivity contribution >= 4 is 0 Å². The molecule has 17 heavy (non-hydrogen) atoms. The average Bonchev–Trinajstić information content (AvgIpc) is 2.40. The number of methoxy groups -OCH3 is 1. The Morgan fingerprint density at radius 1 is 1.12 bits per heavy atom. The van der Waals surface area contributed by atoms with Crippen LogP contribution in [-0.2, 0) is 6.42 Å². The average molecular weight is 224 g/mol. The second-order valence-corrected chi connectivity index (χ2v) is 3.88. The number of hydrogen-bond acceptors (Lipinski definition) is 1. The van der Waals surface area contributed by atoms with Gasteiger partial charge in [0.1, 0.15) is 5.75 Å². The molecule has 0 amide bonds. The fourth-order valence-corrected chi connectivity index (χ4v) is 1.93. The van der Waals surface area contributed by atoms with Crippen molar-refractivity contribution in [2.45, 2.75) is 6.42 Å². The Labute approximate surface area is 102 Å². The van der Waals surface area contributed by atoms with Crippen molar-refractivity contribution in [1.82, 2.24) is 0 Å². The van der Waals surface area contributed by atoms with Gasteiger partial charge < -0.3 is 4.74 Å². The van der Waals surface area contributed by atoms with Gasteiger partial charge in [-0.15, -0.1) is 6.58 Å². The van der Waals surface area contributed by atoms with E-state index in [1.165, 1.54) is 16.7 Å². The maximum Gasteiger partial charge on any atom is 0.119 e. The van der Waals surface area contributed by atoms with E-state index in [4.69, 9.17) is 4.74 Å². The summed E-state index contributed by atoms with van der Waals surface area (Å²) in [5.74, 6) is 0.885. The molecule has 0 aliphatic rings. The summed E-state index contributed by atoms with van der Waals surface area (Å²) in [5.41, 5.74) is 3.71. The van der Waals surface area contributed by atoms with Crippen molar-refractivity contribution < 1.29 is 4.74 Å². The third kappa shape index (κ3) is 2.56. The number of ether oxygens (including phenoxy) is 1. The predicted octanol–water partition coefficient (Wildman–Crippen LogP) is 4.09. The van der Waals surface area contributed by atoms with Gasteiger partial charge in [0.15, 0.2) is 0 Å². The molecule has 2 rings (SSSR count). The molecule has 0 N–H and O–H groups in total. The first-order chi connectivity index (χ1) is 8.35. The topological polar surface area (TPSA) is 9.23 Å². The number of allylic oxidation sites excluding steroid dienone is 1. The third-order valence-corrected chi connectivity index (χ3v) is 2.76. The monoisotopic (exact) mass is 224 g/mol. The molecule has 0 bridgehead atoms. The van der Waals surface area contributed by atoms with Gasteiger partial charge in [0.25, 0.3) is 0 Å². The first-order valence-corrected chi connectivity index (χ1v) is 5.68. The summed E-state index contributed by atoms with van der Waals surface area (Å²) in [4.78, 5) is 0. The van der Waals surface area contributed by atoms with Crippen molar-refractivity contribution in [2.75, 3.05) is 7.11 Å². The highest BCUT2D eigenvalue weighted by molar-refractivity contribution is 5.68. The van der Waals surface area contributed by atoms with Crippen LogP contribution in [0, 0.1) is 0 Å². The van der Waals surface area contributed by atoms with Gasteiger partial charge in [0.05, 0.1) is 7.11 Å². The Morgan fingerprint density at radius 3 is 2.71 bits per heavy atom. The van der Waals surface area contributed by atoms with Gasteiger partial charge in [-0.3, -0.25) is 0 Å². The zero-order valence-electron chi connectivity index (χ0n) is 10.0. The fourth-order valence-electron chi connectivity index (χ4n) is 1.93. The second-order valence-electron chi connectivity index (χ2n) is 3.88. The summed E-state index contributed by atoms with van der Waals surface area (Å²) in [6.07, 6.45) is 2.81. The first-order valence-electron chi connectivity index (χ1n) is 5.68. The van der Waals surface area contributed by atoms with E-state index in [0.29, 0.717) is 0 Å². The van der Waals surface area contributed by atoms with Crippen molar-refractivity contribution in [3.05, 3.63) is 66.7 Å². The Morgan fingerprint density at radius 2 is 1.94 bits per heavy atom. The van der Waals surface area contributed by atoms with E-state index in [1.807, 2.05) is 18.2 Å². The van der Waals surface area contributed by atoms with E-state index >= 15 is 0 Å². The van der Waals surface area contributed by atoms with E-state index < -0.39 is 0 Å². The quantitative estimate of drug-likeness (QED) is 0.711. The highest BCUT2D eigenvalue weighted by atomic mass is 16.5. The van der Waals surface area contributed by atoms with Crippen molar-refractivity contribution in [1.29, 1.82) is 0 Å². The smallest absolute Gasteiger partial charge is 0.119 e. The van der Waals surface area contributed by atoms with Crippen LogP contribution in [-0.4, -0.2) is 7.11 Å². The zero-order chi connectivity index (χ0) is 12.1. The van der Waals surface area contributed by atoms with Crippen LogP contribution < -0.4 is 4.74 Å². The molecule has 1 nitrogen and oxygen atoms in total. The largest absolute Gasteiger partial charge is 0.497 e. The van der Waals surface area contributed by atoms with Gasteiger partial charge in [-0.2, -0.15) is 0 Å². The van der Waals surface area contributed by atoms with E-state index in [-0.39, 0.29) is 0 Å². The van der Waals surface area contributed by atoms with Gasteiger partial charge in [0.2, 0.25) is 0 Å². The summed E-state index contributed by atoms with van der Waals surface area (Å²) >= 11 is 0. The number of hydrogen-bond donors (Lipinski definition) is 0. The van der Waals surface area contributed by atoms with E-state index in [0.717, 1.165) is 12.2 Å². The highest BCUT2D eigenvalue weighted by Crippen LogP contribution is 2.27. The summed E-state index contributed by atoms with van der Waals surface area (Å²) in [6, 6.07) is 16.5. The third-order valence-electron chi connectivity index (χ3n) is 2.76. The van der Waals surface area contributed by atoms with Crippen LogP contribution in [0.15, 0.2) is 61.2 Å². The lowest BCUT2D eigenvalue weighted by Crippen LogP contribution is -1.89. The molecule has 0 aromatic heterocycles. The number of benzene rings is 2. The van der Waals surface area contributed by atoms with Crippen LogP contribution in [0.25, 0.3) is 11.1 Å². The first kappa shape index (κ1) is 11.5. The van der Waals surface area contributed by atoms with E-state index in [9.17, 15) is 0 Å². The van der Waals surface area contributed by atoms with Crippen LogP contribution in [0.1, 0.15) is 5.56 Å². The molecule has 2 aromatic rings. The lowest BCUT2D eigenvalue weighted by Gasteiger charge is -2.09. The minimum atomic E-state index is 0.882. The molecule has 0 fully saturated rings. The number of rotatable bonds is 4. The van der Waals surface area contributed by atoms with E-state index in [1.54, 1.807) is 7.11 Å². The van der Waals surface area contributed by atoms with Gasteiger partial charge in [-0.1, -0.05) is 42.5 Å². The Bertz CT molecular complexity index is 514. The lowest BCUT2D eigenvalue weighted by atomic mass is 9.97. The zero-order valence-corrected chi connectivity index (χ0v) is 10.0. The summed E-state index contributed by atoms with van der Waals surface area (Å²) in [6.45, 7) is 3.80. The Hall–Kier alpha value is -2.02. The van der Waals surface area contributed by atoms with Crippen molar-refractivity contribution in [2.24, 2.45) is 0 Å². The molecule has 0 saturated carbocycles. The molecule has 1 heteroatoms. The molecule has 0 aliphatic heterocycles. The Kier molecular flexibility index (Phi) is 3.61. The molecule has 0 heterocycles. The SMILES string of the molecule is C=CCc1ccccc1-c1cccc(OC)c1. The van der Waals surface area contributed by atoms with Gasteiger partial charge >= 0.3 is 0 Å². The molecular formula is C16H16O. The molecule has 0 radical (unpaired) electrons. The predicted molar refractivity (Wildman–Crippen MR) is 72.3 cm³/mol.